The number of hydrogen-bond acceptors (Lipinski definition) is 5. The summed E-state index contributed by atoms with van der Waals surface area (Å²) >= 11 is 14.0. The van der Waals surface area contributed by atoms with Gasteiger partial charge in [-0.3, -0.25) is 9.59 Å². The third-order valence-electron chi connectivity index (χ3n) is 6.41. The smallest absolute Gasteiger partial charge is 0.254 e. The van der Waals surface area contributed by atoms with Crippen LogP contribution in [0.4, 0.5) is 0 Å². The van der Waals surface area contributed by atoms with Crippen LogP contribution in [-0.2, 0) is 16.0 Å². The second-order valence-electron chi connectivity index (χ2n) is 8.96. The lowest BCUT2D eigenvalue weighted by molar-refractivity contribution is -0.135. The van der Waals surface area contributed by atoms with E-state index in [0.29, 0.717) is 54.1 Å². The predicted octanol–water partition coefficient (Wildman–Crippen LogP) is 6.05. The zero-order chi connectivity index (χ0) is 26.4. The minimum atomic E-state index is -0.249. The number of carbonyl (C=O) groups is 2. The molecular formula is C28H30Cl2N2O4S. The maximum Gasteiger partial charge on any atom is 0.254 e. The Labute approximate surface area is 231 Å². The van der Waals surface area contributed by atoms with Gasteiger partial charge in [0.05, 0.1) is 6.04 Å². The quantitative estimate of drug-likeness (QED) is 0.283. The first-order chi connectivity index (χ1) is 17.9. The molecule has 0 fully saturated rings. The van der Waals surface area contributed by atoms with Crippen LogP contribution in [0.1, 0.15) is 38.8 Å². The van der Waals surface area contributed by atoms with Crippen molar-refractivity contribution in [3.63, 3.8) is 0 Å². The van der Waals surface area contributed by atoms with Gasteiger partial charge < -0.3 is 19.3 Å². The molecule has 1 aromatic heterocycles. The summed E-state index contributed by atoms with van der Waals surface area (Å²) < 4.78 is 11.3. The van der Waals surface area contributed by atoms with E-state index in [-0.39, 0.29) is 24.4 Å². The highest BCUT2D eigenvalue weighted by Crippen LogP contribution is 2.34. The maximum atomic E-state index is 13.7. The Morgan fingerprint density at radius 3 is 2.76 bits per heavy atom. The van der Waals surface area contributed by atoms with Crippen LogP contribution in [0, 0.1) is 6.92 Å². The molecule has 4 rings (SSSR count). The number of benzene rings is 2. The van der Waals surface area contributed by atoms with Crippen molar-refractivity contribution in [1.29, 1.82) is 0 Å². The molecule has 2 heterocycles. The molecule has 0 N–H and O–H groups in total. The van der Waals surface area contributed by atoms with Gasteiger partial charge in [0.15, 0.2) is 0 Å². The zero-order valence-corrected chi connectivity index (χ0v) is 23.2. The van der Waals surface area contributed by atoms with Gasteiger partial charge >= 0.3 is 0 Å². The minimum Gasteiger partial charge on any atom is -0.491 e. The number of rotatable bonds is 10. The van der Waals surface area contributed by atoms with Crippen molar-refractivity contribution in [3.05, 3.63) is 85.5 Å². The summed E-state index contributed by atoms with van der Waals surface area (Å²) in [5.41, 5.74) is 2.48. The number of aryl methyl sites for hydroxylation is 1. The summed E-state index contributed by atoms with van der Waals surface area (Å²) in [7, 11) is 1.62. The Morgan fingerprint density at radius 2 is 2.00 bits per heavy atom. The number of amides is 2. The molecule has 0 spiro atoms. The van der Waals surface area contributed by atoms with Gasteiger partial charge in [-0.25, -0.2) is 0 Å². The first-order valence-corrected chi connectivity index (χ1v) is 13.8. The Balaban J connectivity index is 1.53. The van der Waals surface area contributed by atoms with Crippen LogP contribution in [0.5, 0.6) is 5.75 Å². The fourth-order valence-electron chi connectivity index (χ4n) is 4.47. The molecule has 1 atom stereocenters. The lowest BCUT2D eigenvalue weighted by Gasteiger charge is -2.37. The molecule has 0 saturated heterocycles. The fraction of sp³-hybridized carbons (Fsp3) is 0.357. The maximum absolute atomic E-state index is 13.7. The van der Waals surface area contributed by atoms with E-state index in [1.54, 1.807) is 47.6 Å². The molecule has 0 bridgehead atoms. The largest absolute Gasteiger partial charge is 0.491 e. The molecule has 6 nitrogen and oxygen atoms in total. The van der Waals surface area contributed by atoms with E-state index in [4.69, 9.17) is 32.7 Å². The number of nitrogens with zero attached hydrogens (tertiary/aromatic N) is 2. The first kappa shape index (κ1) is 27.5. The van der Waals surface area contributed by atoms with E-state index in [9.17, 15) is 9.59 Å². The topological polar surface area (TPSA) is 59.1 Å². The number of methoxy groups -OCH3 is 1. The van der Waals surface area contributed by atoms with Crippen LogP contribution < -0.4 is 4.74 Å². The normalized spacial score (nSPS) is 14.8. The van der Waals surface area contributed by atoms with Crippen molar-refractivity contribution in [2.75, 3.05) is 40.0 Å². The van der Waals surface area contributed by atoms with Crippen LogP contribution >= 0.6 is 34.5 Å². The van der Waals surface area contributed by atoms with Crippen molar-refractivity contribution in [2.24, 2.45) is 0 Å². The summed E-state index contributed by atoms with van der Waals surface area (Å²) in [6.45, 7) is 3.66. The van der Waals surface area contributed by atoms with Gasteiger partial charge in [-0.05, 0) is 78.7 Å². The molecule has 37 heavy (non-hydrogen) atoms. The monoisotopic (exact) mass is 560 g/mol. The standard InChI is InChI=1S/C28H30Cl2N2O4S/c1-19-15-22(7-8-24(19)30)36-18-25-23-10-14-37-26(23)9-12-32(25)27(33)17-31(11-4-13-35-2)28(34)20-5-3-6-21(29)16-20/h3,5-8,10,14-16,25H,4,9,11-13,17-18H2,1-2H3/t25-/m0/s1. The van der Waals surface area contributed by atoms with Crippen molar-refractivity contribution in [1.82, 2.24) is 9.80 Å². The second-order valence-corrected chi connectivity index (χ2v) is 10.8. The lowest BCUT2D eigenvalue weighted by atomic mass is 10.00. The molecule has 2 aromatic carbocycles. The summed E-state index contributed by atoms with van der Waals surface area (Å²) in [5, 5.41) is 3.21. The third-order valence-corrected chi connectivity index (χ3v) is 8.07. The van der Waals surface area contributed by atoms with Crippen molar-refractivity contribution < 1.29 is 19.1 Å². The average molecular weight is 562 g/mol. The molecular weight excluding hydrogens is 531 g/mol. The number of carbonyl (C=O) groups excluding carboxylic acids is 2. The van der Waals surface area contributed by atoms with Gasteiger partial charge in [-0.15, -0.1) is 11.3 Å². The Hall–Kier alpha value is -2.58. The van der Waals surface area contributed by atoms with E-state index in [1.165, 1.54) is 4.88 Å². The molecule has 196 valence electrons. The fourth-order valence-corrected chi connectivity index (χ4v) is 5.70. The molecule has 0 radical (unpaired) electrons. The molecule has 9 heteroatoms. The van der Waals surface area contributed by atoms with Crippen LogP contribution in [0.2, 0.25) is 10.0 Å². The third kappa shape index (κ3) is 6.85. The highest BCUT2D eigenvalue weighted by atomic mass is 35.5. The lowest BCUT2D eigenvalue weighted by Crippen LogP contribution is -2.48. The summed E-state index contributed by atoms with van der Waals surface area (Å²) in [5.74, 6) is 0.351. The highest BCUT2D eigenvalue weighted by Gasteiger charge is 2.33. The number of fused-ring (bicyclic) bond motifs is 1. The highest BCUT2D eigenvalue weighted by molar-refractivity contribution is 7.10. The van der Waals surface area contributed by atoms with Crippen LogP contribution in [-0.4, -0.2) is 61.6 Å². The van der Waals surface area contributed by atoms with Crippen molar-refractivity contribution >= 4 is 46.4 Å². The zero-order valence-electron chi connectivity index (χ0n) is 20.9. The number of hydrogen-bond donors (Lipinski definition) is 0. The molecule has 0 unspecified atom stereocenters. The second kappa shape index (κ2) is 12.8. The minimum absolute atomic E-state index is 0.0366. The van der Waals surface area contributed by atoms with Crippen LogP contribution in [0.25, 0.3) is 0 Å². The first-order valence-electron chi connectivity index (χ1n) is 12.2. The Morgan fingerprint density at radius 1 is 1.16 bits per heavy atom. The summed E-state index contributed by atoms with van der Waals surface area (Å²) in [6.07, 6.45) is 1.40. The average Bonchev–Trinajstić information content (AvgIpc) is 3.37. The summed E-state index contributed by atoms with van der Waals surface area (Å²) in [4.78, 5) is 31.7. The predicted molar refractivity (Wildman–Crippen MR) is 148 cm³/mol. The van der Waals surface area contributed by atoms with E-state index >= 15 is 0 Å². The van der Waals surface area contributed by atoms with Crippen LogP contribution in [0.3, 0.4) is 0 Å². The summed E-state index contributed by atoms with van der Waals surface area (Å²) in [6, 6.07) is 14.1. The molecule has 2 amide bonds. The van der Waals surface area contributed by atoms with E-state index < -0.39 is 0 Å². The van der Waals surface area contributed by atoms with E-state index in [1.807, 2.05) is 30.0 Å². The van der Waals surface area contributed by atoms with Gasteiger partial charge in [0, 0.05) is 47.3 Å². The number of thiophene rings is 1. The molecule has 1 aliphatic rings. The molecule has 1 aliphatic heterocycles. The van der Waals surface area contributed by atoms with Crippen molar-refractivity contribution in [3.8, 4) is 5.75 Å². The van der Waals surface area contributed by atoms with Crippen LogP contribution in [0.15, 0.2) is 53.9 Å². The molecule has 3 aromatic rings. The van der Waals surface area contributed by atoms with Crippen molar-refractivity contribution in [2.45, 2.75) is 25.8 Å². The van der Waals surface area contributed by atoms with E-state index in [0.717, 1.165) is 17.5 Å². The van der Waals surface area contributed by atoms with Gasteiger partial charge in [0.1, 0.15) is 18.9 Å². The van der Waals surface area contributed by atoms with E-state index in [2.05, 4.69) is 11.4 Å². The van der Waals surface area contributed by atoms with Gasteiger partial charge in [0.25, 0.3) is 5.91 Å². The van der Waals surface area contributed by atoms with Gasteiger partial charge in [-0.1, -0.05) is 29.3 Å². The van der Waals surface area contributed by atoms with Gasteiger partial charge in [0.2, 0.25) is 5.91 Å². The SMILES string of the molecule is COCCCN(CC(=O)N1CCc2sccc2[C@@H]1COc1ccc(Cl)c(C)c1)C(=O)c1cccc(Cl)c1. The molecule has 0 saturated carbocycles. The number of halogens is 2. The number of ether oxygens (including phenoxy) is 2. The molecule has 0 aliphatic carbocycles. The van der Waals surface area contributed by atoms with Gasteiger partial charge in [-0.2, -0.15) is 0 Å². The Kier molecular flexibility index (Phi) is 9.49. The Bertz CT molecular complexity index is 1250.